The SMILES string of the molecule is Cc1cc(Nc2cc(N3CCC3)nc(Sc3ccc(NC(=O)c4c(Cl)cccc4Cl)cc3)n2)n[nH]1.Cc1cc(Nc2cc(N3CCC3)nc(Sc3ccc(NC(=O)c4cc(F)ccc4F)cc3)n2)n[nH]1.Cc1cc(Nc2cc(N3CCC3)nc(Sc3ccc(NC(=O)c4ccc(F)cc4F)cc3)n2)n[nH]1.Cc1cc(Nc2cc(N3CCC3)nc(Sc3ccc(NC(=O)c4sccc4Cl)cc3)n2)n[nH]1. The number of hydrogen-bond acceptors (Lipinski definition) is 29. The molecule has 4 saturated heterocycles. The van der Waals surface area contributed by atoms with Gasteiger partial charge in [0.2, 0.25) is 0 Å². The van der Waals surface area contributed by atoms with Gasteiger partial charge in [-0.2, -0.15) is 20.4 Å². The Kier molecular flexibility index (Phi) is 30.6. The highest BCUT2D eigenvalue weighted by molar-refractivity contribution is 8.00. The van der Waals surface area contributed by atoms with Gasteiger partial charge >= 0.3 is 0 Å². The molecule has 20 rings (SSSR count). The van der Waals surface area contributed by atoms with Crippen molar-refractivity contribution in [1.82, 2.24) is 80.7 Å². The van der Waals surface area contributed by atoms with Gasteiger partial charge in [0.1, 0.15) is 74.7 Å². The summed E-state index contributed by atoms with van der Waals surface area (Å²) < 4.78 is 54.2. The van der Waals surface area contributed by atoms with E-state index in [9.17, 15) is 36.7 Å². The Morgan fingerprint density at radius 3 is 0.935 bits per heavy atom. The minimum atomic E-state index is -0.914. The summed E-state index contributed by atoms with van der Waals surface area (Å²) in [5, 5.41) is 57.6. The minimum absolute atomic E-state index is 0.217. The van der Waals surface area contributed by atoms with Gasteiger partial charge in [-0.05, 0) is 251 Å². The van der Waals surface area contributed by atoms with Gasteiger partial charge in [0, 0.05) is 172 Å². The van der Waals surface area contributed by atoms with Crippen molar-refractivity contribution in [2.45, 2.75) is 93.6 Å². The third kappa shape index (κ3) is 25.5. The minimum Gasteiger partial charge on any atom is -0.356 e. The number of nitrogens with one attached hydrogen (secondary N) is 12. The Balaban J connectivity index is 0.000000127. The number of carbonyl (C=O) groups is 4. The Morgan fingerprint density at radius 1 is 0.326 bits per heavy atom. The highest BCUT2D eigenvalue weighted by atomic mass is 35.5. The molecule has 4 aliphatic heterocycles. The molecule has 4 amide bonds. The van der Waals surface area contributed by atoms with Gasteiger partial charge < -0.3 is 62.1 Å². The van der Waals surface area contributed by atoms with E-state index < -0.39 is 35.1 Å². The fourth-order valence-corrected chi connectivity index (χ4v) is 18.2. The average molecular weight is 2010 g/mol. The second kappa shape index (κ2) is 44.2. The zero-order valence-electron chi connectivity index (χ0n) is 73.7. The van der Waals surface area contributed by atoms with E-state index >= 15 is 0 Å². The monoisotopic (exact) mass is 2010 g/mol. The van der Waals surface area contributed by atoms with Crippen LogP contribution >= 0.6 is 93.2 Å². The first kappa shape index (κ1) is 95.4. The molecule has 9 aromatic heterocycles. The van der Waals surface area contributed by atoms with Crippen LogP contribution in [0, 0.1) is 51.0 Å². The summed E-state index contributed by atoms with van der Waals surface area (Å²) in [6, 6.07) is 56.6. The average Bonchev–Trinajstić information content (AvgIpc) is 1.02. The van der Waals surface area contributed by atoms with E-state index in [-0.39, 0.29) is 28.5 Å². The van der Waals surface area contributed by atoms with Crippen molar-refractivity contribution >= 4 is 209 Å². The zero-order chi connectivity index (χ0) is 95.9. The van der Waals surface area contributed by atoms with Crippen LogP contribution in [-0.2, 0) is 0 Å². The van der Waals surface area contributed by atoms with Crippen LogP contribution in [-0.4, -0.2) is 157 Å². The maximum absolute atomic E-state index is 13.9. The lowest BCUT2D eigenvalue weighted by molar-refractivity contribution is 0.101. The van der Waals surface area contributed by atoms with Crippen LogP contribution in [0.3, 0.4) is 0 Å². The maximum atomic E-state index is 13.9. The molecule has 0 saturated carbocycles. The third-order valence-electron chi connectivity index (χ3n) is 21.0. The van der Waals surface area contributed by atoms with Crippen LogP contribution in [0.1, 0.15) is 89.2 Å². The van der Waals surface area contributed by atoms with Crippen molar-refractivity contribution < 1.29 is 36.7 Å². The van der Waals surface area contributed by atoms with Crippen LogP contribution in [0.4, 0.5) is 110 Å². The molecule has 0 atom stereocenters. The Hall–Kier alpha value is -14.3. The van der Waals surface area contributed by atoms with Crippen molar-refractivity contribution in [1.29, 1.82) is 0 Å². The molecule has 0 spiro atoms. The molecule has 0 unspecified atom stereocenters. The van der Waals surface area contributed by atoms with Crippen LogP contribution in [0.25, 0.3) is 0 Å². The molecule has 7 aromatic carbocycles. The molecule has 12 N–H and O–H groups in total. The number of anilines is 16. The number of benzene rings is 7. The molecule has 4 fully saturated rings. The summed E-state index contributed by atoms with van der Waals surface area (Å²) in [4.78, 5) is 100.0. The maximum Gasteiger partial charge on any atom is 0.267 e. The molecule has 138 heavy (non-hydrogen) atoms. The van der Waals surface area contributed by atoms with E-state index in [1.165, 1.54) is 58.4 Å². The number of rotatable bonds is 28. The predicted octanol–water partition coefficient (Wildman–Crippen LogP) is 22.0. The van der Waals surface area contributed by atoms with Crippen LogP contribution in [0.5, 0.6) is 0 Å². The van der Waals surface area contributed by atoms with Crippen molar-refractivity contribution in [2.24, 2.45) is 0 Å². The van der Waals surface area contributed by atoms with Crippen molar-refractivity contribution in [3.63, 3.8) is 0 Å². The highest BCUT2D eigenvalue weighted by Gasteiger charge is 2.26. The third-order valence-corrected chi connectivity index (χ3v) is 26.4. The van der Waals surface area contributed by atoms with Crippen LogP contribution in [0.2, 0.25) is 15.1 Å². The number of aryl methyl sites for hydroxylation is 4. The molecule has 0 radical (unpaired) electrons. The Labute approximate surface area is 823 Å². The fraction of sp³-hybridized carbons (Fsp3) is 0.170. The smallest absolute Gasteiger partial charge is 0.267 e. The van der Waals surface area contributed by atoms with E-state index in [2.05, 4.69) is 128 Å². The second-order valence-electron chi connectivity index (χ2n) is 31.4. The molecule has 13 heterocycles. The predicted molar refractivity (Wildman–Crippen MR) is 534 cm³/mol. The number of H-pyrrole nitrogens is 4. The fourth-order valence-electron chi connectivity index (χ4n) is 13.5. The van der Waals surface area contributed by atoms with E-state index in [1.807, 2.05) is 137 Å². The number of thiophene rings is 1. The van der Waals surface area contributed by atoms with E-state index in [0.29, 0.717) is 116 Å². The lowest BCUT2D eigenvalue weighted by Gasteiger charge is -2.32. The van der Waals surface area contributed by atoms with Gasteiger partial charge in [-0.25, -0.2) is 57.4 Å². The molecule has 32 nitrogen and oxygen atoms in total. The largest absolute Gasteiger partial charge is 0.356 e. The second-order valence-corrected chi connectivity index (χ2v) is 37.7. The summed E-state index contributed by atoms with van der Waals surface area (Å²) in [5.74, 6) is 3.77. The summed E-state index contributed by atoms with van der Waals surface area (Å²) in [5.41, 5.74) is 5.73. The first-order valence-corrected chi connectivity index (χ1v) is 48.3. The van der Waals surface area contributed by atoms with Gasteiger partial charge in [-0.1, -0.05) is 40.9 Å². The topological polar surface area (TPSA) is 395 Å². The number of amides is 4. The number of halogens is 7. The number of aromatic amines is 4. The number of carbonyl (C=O) groups excluding carboxylic acids is 4. The van der Waals surface area contributed by atoms with Gasteiger partial charge in [0.25, 0.3) is 23.6 Å². The van der Waals surface area contributed by atoms with Gasteiger partial charge in [-0.3, -0.25) is 39.6 Å². The molecular weight excluding hydrogens is 1930 g/mol. The van der Waals surface area contributed by atoms with Gasteiger partial charge in [0.15, 0.2) is 43.9 Å². The molecule has 0 aliphatic carbocycles. The van der Waals surface area contributed by atoms with Crippen molar-refractivity contribution in [3.8, 4) is 0 Å². The normalized spacial score (nSPS) is 12.9. The standard InChI is InChI=1S/C24H21Cl2N7OS.2C24H21F2N7OS.C22H20ClN7OS2/c1-14-12-20(32-31-14)28-19-13-21(33-10-3-11-33)30-24(29-19)35-16-8-6-15(7-9-16)27-23(34)22-17(25)4-2-5-18(22)26;1-14-11-21(32-31-14)28-20-13-22(33-9-2-10-33)30-24(29-20)35-17-6-4-16(5-7-17)27-23(34)18-12-15(25)3-8-19(18)26;1-14-11-21(32-31-14)28-20-13-22(33-9-2-10-33)30-24(29-20)35-17-6-4-16(5-7-17)27-23(34)18-8-3-15(25)12-19(18)26;1-13-11-18(29-28-13)25-17-12-19(30-8-2-9-30)27-22(26-17)33-15-5-3-14(4-6-15)24-21(31)20-16(23)7-10-32-20/h2,4-9,12-13H,3,10-11H2,1H3,(H,27,34)(H2,28,29,30,31,32);2*3-8,11-13H,2,9-10H2,1H3,(H,27,34)(H2,28,29,30,31,32);3-7,10-12H,2,8-9H2,1H3,(H,24,31)(H2,25,26,27,28,29). The lowest BCUT2D eigenvalue weighted by atomic mass is 10.2. The molecule has 44 heteroatoms. The number of aromatic nitrogens is 16. The van der Waals surface area contributed by atoms with E-state index in [0.717, 1.165) is 174 Å². The number of nitrogens with zero attached hydrogens (tertiary/aromatic N) is 16. The first-order chi connectivity index (χ1) is 66.8. The van der Waals surface area contributed by atoms with Gasteiger partial charge in [-0.15, -0.1) is 11.3 Å². The Bertz CT molecular complexity index is 7050. The summed E-state index contributed by atoms with van der Waals surface area (Å²) in [6.45, 7) is 15.5. The lowest BCUT2D eigenvalue weighted by Crippen LogP contribution is -2.37. The molecule has 702 valence electrons. The Morgan fingerprint density at radius 2 is 0.638 bits per heavy atom. The van der Waals surface area contributed by atoms with E-state index in [1.54, 1.807) is 66.0 Å². The highest BCUT2D eigenvalue weighted by Crippen LogP contribution is 2.39. The molecular formula is C94H83Cl3F4N28O4S5. The quantitative estimate of drug-likeness (QED) is 0.0160. The van der Waals surface area contributed by atoms with Crippen LogP contribution < -0.4 is 62.1 Å². The van der Waals surface area contributed by atoms with E-state index in [4.69, 9.17) is 49.8 Å². The first-order valence-electron chi connectivity index (χ1n) is 43.0. The molecule has 4 aliphatic rings. The van der Waals surface area contributed by atoms with Gasteiger partial charge in [0.05, 0.1) is 31.8 Å². The summed E-state index contributed by atoms with van der Waals surface area (Å²) in [6.07, 6.45) is 4.57. The van der Waals surface area contributed by atoms with Crippen molar-refractivity contribution in [3.05, 3.63) is 294 Å². The molecule has 16 aromatic rings. The van der Waals surface area contributed by atoms with Crippen LogP contribution in [0.15, 0.2) is 252 Å². The summed E-state index contributed by atoms with van der Waals surface area (Å²) in [7, 11) is 0. The zero-order valence-corrected chi connectivity index (χ0v) is 80.0. The number of hydrogen-bond donors (Lipinski definition) is 12. The summed E-state index contributed by atoms with van der Waals surface area (Å²) >= 11 is 25.3. The molecule has 0 bridgehead atoms. The van der Waals surface area contributed by atoms with Crippen molar-refractivity contribution in [2.75, 3.05) is 114 Å².